The van der Waals surface area contributed by atoms with Crippen molar-refractivity contribution >= 4 is 34.9 Å². The van der Waals surface area contributed by atoms with Gasteiger partial charge in [-0.25, -0.2) is 4.68 Å². The molecule has 0 saturated carbocycles. The first-order chi connectivity index (χ1) is 17.2. The molecule has 36 heavy (non-hydrogen) atoms. The van der Waals surface area contributed by atoms with Gasteiger partial charge in [-0.05, 0) is 23.3 Å². The highest BCUT2D eigenvalue weighted by atomic mass is 35.5. The van der Waals surface area contributed by atoms with Gasteiger partial charge < -0.3 is 10.2 Å². The summed E-state index contributed by atoms with van der Waals surface area (Å²) in [6.45, 7) is 2.94. The van der Waals surface area contributed by atoms with Crippen LogP contribution in [0.25, 0.3) is 0 Å². The summed E-state index contributed by atoms with van der Waals surface area (Å²) < 4.78 is 42.9. The maximum atomic E-state index is 14.0. The van der Waals surface area contributed by atoms with Gasteiger partial charge in [0.2, 0.25) is 0 Å². The molecule has 1 amide bonds. The van der Waals surface area contributed by atoms with Crippen molar-refractivity contribution in [1.29, 1.82) is 0 Å². The second kappa shape index (κ2) is 9.95. The van der Waals surface area contributed by atoms with Gasteiger partial charge in [-0.2, -0.15) is 18.3 Å². The third kappa shape index (κ3) is 5.05. The molecule has 2 aliphatic rings. The Bertz CT molecular complexity index is 1220. The summed E-state index contributed by atoms with van der Waals surface area (Å²) in [6, 6.07) is 14.0. The first kappa shape index (κ1) is 24.9. The largest absolute Gasteiger partial charge is 0.410 e. The number of aromatic nitrogens is 2. The van der Waals surface area contributed by atoms with Crippen LogP contribution in [-0.4, -0.2) is 57.8 Å². The summed E-state index contributed by atoms with van der Waals surface area (Å²) >= 11 is 12.4. The molecule has 0 unspecified atom stereocenters. The third-order valence-electron chi connectivity index (χ3n) is 6.68. The Hall–Kier alpha value is -2.75. The third-order valence-corrected chi connectivity index (χ3v) is 7.29. The number of carbonyl (C=O) groups is 1. The Balaban J connectivity index is 1.35. The molecular weight excluding hydrogens is 514 g/mol. The molecule has 0 spiro atoms. The van der Waals surface area contributed by atoms with Crippen molar-refractivity contribution < 1.29 is 18.0 Å². The van der Waals surface area contributed by atoms with E-state index in [1.165, 1.54) is 5.56 Å². The van der Waals surface area contributed by atoms with E-state index in [-0.39, 0.29) is 23.0 Å². The summed E-state index contributed by atoms with van der Waals surface area (Å²) in [5.41, 5.74) is 1.66. The van der Waals surface area contributed by atoms with Crippen molar-refractivity contribution in [3.8, 4) is 0 Å². The lowest BCUT2D eigenvalue weighted by Gasteiger charge is -2.34. The first-order valence-electron chi connectivity index (χ1n) is 11.6. The van der Waals surface area contributed by atoms with Gasteiger partial charge in [0.1, 0.15) is 10.8 Å². The predicted octanol–water partition coefficient (Wildman–Crippen LogP) is 5.81. The van der Waals surface area contributed by atoms with E-state index in [1.807, 2.05) is 30.3 Å². The zero-order chi connectivity index (χ0) is 25.4. The summed E-state index contributed by atoms with van der Waals surface area (Å²) in [6.07, 6.45) is -4.86. The van der Waals surface area contributed by atoms with Crippen molar-refractivity contribution in [2.24, 2.45) is 0 Å². The molecule has 2 atom stereocenters. The van der Waals surface area contributed by atoms with Crippen LogP contribution in [0.1, 0.15) is 40.1 Å². The highest BCUT2D eigenvalue weighted by Gasteiger charge is 2.48. The molecule has 2 aromatic carbocycles. The van der Waals surface area contributed by atoms with Crippen LogP contribution in [0.3, 0.4) is 0 Å². The van der Waals surface area contributed by atoms with Gasteiger partial charge in [-0.3, -0.25) is 9.69 Å². The molecule has 1 saturated heterocycles. The van der Waals surface area contributed by atoms with Crippen LogP contribution in [0.4, 0.5) is 19.0 Å². The zero-order valence-electron chi connectivity index (χ0n) is 19.2. The van der Waals surface area contributed by atoms with Gasteiger partial charge >= 0.3 is 6.18 Å². The number of carbonyl (C=O) groups excluding carboxylic acids is 1. The second-order valence-corrected chi connectivity index (χ2v) is 9.87. The fourth-order valence-electron chi connectivity index (χ4n) is 4.74. The fourth-order valence-corrected chi connectivity index (χ4v) is 5.13. The minimum atomic E-state index is -4.57. The lowest BCUT2D eigenvalue weighted by molar-refractivity contribution is -0.173. The van der Waals surface area contributed by atoms with Gasteiger partial charge in [0.05, 0.1) is 6.04 Å². The number of halogens is 5. The van der Waals surface area contributed by atoms with E-state index in [0.717, 1.165) is 11.2 Å². The van der Waals surface area contributed by atoms with Crippen molar-refractivity contribution in [3.05, 3.63) is 81.5 Å². The van der Waals surface area contributed by atoms with Crippen LogP contribution < -0.4 is 5.32 Å². The number of anilines is 1. The zero-order valence-corrected chi connectivity index (χ0v) is 20.7. The van der Waals surface area contributed by atoms with E-state index in [2.05, 4.69) is 15.3 Å². The molecule has 5 rings (SSSR count). The molecule has 11 heteroatoms. The number of hydrogen-bond acceptors (Lipinski definition) is 4. The molecule has 0 bridgehead atoms. The van der Waals surface area contributed by atoms with Crippen LogP contribution in [0.15, 0.2) is 54.6 Å². The number of alkyl halides is 3. The summed E-state index contributed by atoms with van der Waals surface area (Å²) in [7, 11) is 0. The Kier molecular flexibility index (Phi) is 6.89. The molecule has 6 nitrogen and oxygen atoms in total. The molecule has 1 N–H and O–H groups in total. The van der Waals surface area contributed by atoms with E-state index < -0.39 is 24.2 Å². The molecule has 1 fully saturated rings. The van der Waals surface area contributed by atoms with Crippen molar-refractivity contribution in [1.82, 2.24) is 19.6 Å². The van der Waals surface area contributed by atoms with Crippen molar-refractivity contribution in [3.63, 3.8) is 0 Å². The van der Waals surface area contributed by atoms with E-state index in [0.29, 0.717) is 36.8 Å². The van der Waals surface area contributed by atoms with Crippen molar-refractivity contribution in [2.75, 3.05) is 31.5 Å². The normalized spacial score (nSPS) is 20.6. The SMILES string of the molecule is O=C(c1nn2c(c1Cl)N[C@H](c1ccc(Cl)cc1)C[C@H]2C(F)(F)F)N1CCN(Cc2ccccc2)CC1. The Labute approximate surface area is 216 Å². The molecule has 0 aliphatic carbocycles. The fraction of sp³-hybridized carbons (Fsp3) is 0.360. The van der Waals surface area contributed by atoms with Crippen LogP contribution in [0.5, 0.6) is 0 Å². The smallest absolute Gasteiger partial charge is 0.362 e. The summed E-state index contributed by atoms with van der Waals surface area (Å²) in [5.74, 6) is -0.469. The van der Waals surface area contributed by atoms with Crippen LogP contribution >= 0.6 is 23.2 Å². The Morgan fingerprint density at radius 1 is 1.00 bits per heavy atom. The lowest BCUT2D eigenvalue weighted by atomic mass is 9.97. The summed E-state index contributed by atoms with van der Waals surface area (Å²) in [4.78, 5) is 17.1. The van der Waals surface area contributed by atoms with E-state index in [1.54, 1.807) is 29.2 Å². The van der Waals surface area contributed by atoms with E-state index in [4.69, 9.17) is 23.2 Å². The maximum absolute atomic E-state index is 14.0. The van der Waals surface area contributed by atoms with Gasteiger partial charge in [-0.15, -0.1) is 0 Å². The molecule has 3 aromatic rings. The minimum Gasteiger partial charge on any atom is -0.362 e. The molecule has 3 heterocycles. The topological polar surface area (TPSA) is 53.4 Å². The van der Waals surface area contributed by atoms with Crippen LogP contribution in [-0.2, 0) is 6.54 Å². The standard InChI is InChI=1S/C25H24Cl2F3N5O/c26-18-8-6-17(7-9-18)19-14-20(25(28,29)30)35-23(31-19)21(27)22(32-35)24(36)34-12-10-33(11-13-34)15-16-4-2-1-3-5-16/h1-9,19-20,31H,10-15H2/t19-,20-/m0/s1. The van der Waals surface area contributed by atoms with E-state index in [9.17, 15) is 18.0 Å². The number of nitrogens with one attached hydrogen (secondary N) is 1. The second-order valence-electron chi connectivity index (χ2n) is 9.05. The van der Waals surface area contributed by atoms with Gasteiger partial charge in [0, 0.05) is 44.2 Å². The molecule has 0 radical (unpaired) electrons. The number of hydrogen-bond donors (Lipinski definition) is 1. The monoisotopic (exact) mass is 537 g/mol. The Morgan fingerprint density at radius 3 is 2.31 bits per heavy atom. The predicted molar refractivity (Wildman–Crippen MR) is 132 cm³/mol. The van der Waals surface area contributed by atoms with Gasteiger partial charge in [0.15, 0.2) is 11.7 Å². The van der Waals surface area contributed by atoms with Crippen LogP contribution in [0, 0.1) is 0 Å². The number of amides is 1. The number of rotatable bonds is 4. The lowest BCUT2D eigenvalue weighted by Crippen LogP contribution is -2.48. The van der Waals surface area contributed by atoms with Crippen molar-refractivity contribution in [2.45, 2.75) is 31.2 Å². The number of benzene rings is 2. The van der Waals surface area contributed by atoms with E-state index >= 15 is 0 Å². The number of piperazine rings is 1. The molecule has 2 aliphatic heterocycles. The first-order valence-corrected chi connectivity index (χ1v) is 12.4. The summed E-state index contributed by atoms with van der Waals surface area (Å²) in [5, 5.41) is 7.53. The average molecular weight is 538 g/mol. The highest BCUT2D eigenvalue weighted by Crippen LogP contribution is 2.46. The number of fused-ring (bicyclic) bond motifs is 1. The van der Waals surface area contributed by atoms with Gasteiger partial charge in [0.25, 0.3) is 5.91 Å². The quantitative estimate of drug-likeness (QED) is 0.456. The minimum absolute atomic E-state index is 0.00347. The molecule has 190 valence electrons. The Morgan fingerprint density at radius 2 is 1.67 bits per heavy atom. The van der Waals surface area contributed by atoms with Gasteiger partial charge in [-0.1, -0.05) is 65.7 Å². The average Bonchev–Trinajstić information content (AvgIpc) is 3.20. The molecular formula is C25H24Cl2F3N5O. The highest BCUT2D eigenvalue weighted by molar-refractivity contribution is 6.36. The molecule has 1 aromatic heterocycles. The maximum Gasteiger partial charge on any atom is 0.410 e. The number of nitrogens with zero attached hydrogens (tertiary/aromatic N) is 4. The van der Waals surface area contributed by atoms with Crippen LogP contribution in [0.2, 0.25) is 10.0 Å².